The number of carboxylic acids is 1. The van der Waals surface area contributed by atoms with Crippen LogP contribution < -0.4 is 0 Å². The van der Waals surface area contributed by atoms with E-state index in [2.05, 4.69) is 0 Å². The number of methoxy groups -OCH3 is 1. The van der Waals surface area contributed by atoms with Crippen LogP contribution in [0.3, 0.4) is 0 Å². The molecule has 1 N–H and O–H groups in total. The van der Waals surface area contributed by atoms with E-state index >= 15 is 0 Å². The van der Waals surface area contributed by atoms with E-state index in [0.29, 0.717) is 13.1 Å². The first kappa shape index (κ1) is 12.5. The monoisotopic (exact) mass is 253 g/mol. The van der Waals surface area contributed by atoms with Crippen LogP contribution in [-0.2, 0) is 4.74 Å². The number of nitrogens with zero attached hydrogens (tertiary/aromatic N) is 1. The van der Waals surface area contributed by atoms with Crippen molar-refractivity contribution in [3.8, 4) is 0 Å². The van der Waals surface area contributed by atoms with E-state index in [1.807, 2.05) is 0 Å². The summed E-state index contributed by atoms with van der Waals surface area (Å²) in [4.78, 5) is 24.0. The maximum absolute atomic E-state index is 13.6. The summed E-state index contributed by atoms with van der Waals surface area (Å²) in [5, 5.41) is 8.69. The Morgan fingerprint density at radius 1 is 1.44 bits per heavy atom. The maximum atomic E-state index is 13.6. The summed E-state index contributed by atoms with van der Waals surface area (Å²) in [6.45, 7) is 0.852. The van der Waals surface area contributed by atoms with Gasteiger partial charge in [0.15, 0.2) is 0 Å². The van der Waals surface area contributed by atoms with E-state index in [4.69, 9.17) is 9.84 Å². The molecule has 6 heteroatoms. The quantitative estimate of drug-likeness (QED) is 0.872. The number of rotatable bonds is 3. The van der Waals surface area contributed by atoms with Crippen molar-refractivity contribution in [2.24, 2.45) is 0 Å². The summed E-state index contributed by atoms with van der Waals surface area (Å²) in [5.41, 5.74) is -0.294. The van der Waals surface area contributed by atoms with Crippen LogP contribution in [0.25, 0.3) is 0 Å². The average Bonchev–Trinajstić information content (AvgIpc) is 2.27. The minimum atomic E-state index is -1.23. The van der Waals surface area contributed by atoms with Gasteiger partial charge in [0, 0.05) is 20.2 Å². The fraction of sp³-hybridized carbons (Fsp3) is 0.333. The Morgan fingerprint density at radius 3 is 2.61 bits per heavy atom. The summed E-state index contributed by atoms with van der Waals surface area (Å²) in [6.07, 6.45) is -0.00435. The molecule has 2 rings (SSSR count). The predicted octanol–water partition coefficient (Wildman–Crippen LogP) is 0.995. The third-order valence-corrected chi connectivity index (χ3v) is 2.92. The number of hydrogen-bond acceptors (Lipinski definition) is 3. The van der Waals surface area contributed by atoms with E-state index in [0.717, 1.165) is 6.07 Å². The van der Waals surface area contributed by atoms with Crippen LogP contribution in [0, 0.1) is 5.82 Å². The lowest BCUT2D eigenvalue weighted by molar-refractivity contribution is -0.0194. The molecule has 0 aromatic heterocycles. The summed E-state index contributed by atoms with van der Waals surface area (Å²) in [5.74, 6) is -2.49. The molecule has 1 aliphatic rings. The number of carboxylic acid groups (broad SMARTS) is 1. The third-order valence-electron chi connectivity index (χ3n) is 2.92. The molecule has 0 atom stereocenters. The smallest absolute Gasteiger partial charge is 0.335 e. The molecule has 0 saturated carbocycles. The second-order valence-corrected chi connectivity index (χ2v) is 4.07. The van der Waals surface area contributed by atoms with E-state index in [9.17, 15) is 14.0 Å². The van der Waals surface area contributed by atoms with E-state index in [-0.39, 0.29) is 17.2 Å². The van der Waals surface area contributed by atoms with Crippen LogP contribution >= 0.6 is 0 Å². The van der Waals surface area contributed by atoms with Gasteiger partial charge in [0.1, 0.15) is 5.82 Å². The molecule has 96 valence electrons. The molecule has 1 aromatic rings. The highest BCUT2D eigenvalue weighted by Gasteiger charge is 2.32. The fourth-order valence-corrected chi connectivity index (χ4v) is 1.74. The van der Waals surface area contributed by atoms with Crippen molar-refractivity contribution >= 4 is 11.9 Å². The van der Waals surface area contributed by atoms with Gasteiger partial charge in [0.25, 0.3) is 5.91 Å². The van der Waals surface area contributed by atoms with Crippen molar-refractivity contribution in [3.05, 3.63) is 35.1 Å². The maximum Gasteiger partial charge on any atom is 0.335 e. The molecule has 0 radical (unpaired) electrons. The first-order valence-electron chi connectivity index (χ1n) is 5.38. The number of benzene rings is 1. The Morgan fingerprint density at radius 2 is 2.11 bits per heavy atom. The minimum absolute atomic E-state index is 0.00435. The lowest BCUT2D eigenvalue weighted by Crippen LogP contribution is -2.54. The Hall–Kier alpha value is -1.95. The van der Waals surface area contributed by atoms with Crippen molar-refractivity contribution in [1.29, 1.82) is 0 Å². The number of ether oxygens (including phenoxy) is 1. The zero-order chi connectivity index (χ0) is 13.3. The highest BCUT2D eigenvalue weighted by molar-refractivity contribution is 5.96. The second kappa shape index (κ2) is 4.73. The lowest BCUT2D eigenvalue weighted by Gasteiger charge is -2.38. The van der Waals surface area contributed by atoms with Gasteiger partial charge < -0.3 is 14.7 Å². The Labute approximate surface area is 103 Å². The summed E-state index contributed by atoms with van der Waals surface area (Å²) >= 11 is 0. The second-order valence-electron chi connectivity index (χ2n) is 4.07. The zero-order valence-electron chi connectivity index (χ0n) is 9.72. The fourth-order valence-electron chi connectivity index (χ4n) is 1.74. The van der Waals surface area contributed by atoms with Crippen LogP contribution in [0.2, 0.25) is 0 Å². The molecular formula is C12H12FNO4. The molecule has 0 unspecified atom stereocenters. The average molecular weight is 253 g/mol. The van der Waals surface area contributed by atoms with Gasteiger partial charge in [-0.3, -0.25) is 4.79 Å². The Balaban J connectivity index is 2.14. The van der Waals surface area contributed by atoms with Gasteiger partial charge in [0.2, 0.25) is 0 Å². The van der Waals surface area contributed by atoms with Gasteiger partial charge in [-0.15, -0.1) is 0 Å². The van der Waals surface area contributed by atoms with Gasteiger partial charge in [-0.25, -0.2) is 9.18 Å². The number of likely N-dealkylation sites (tertiary alicyclic amines) is 1. The van der Waals surface area contributed by atoms with Crippen LogP contribution in [0.4, 0.5) is 4.39 Å². The Kier molecular flexibility index (Phi) is 3.29. The standard InChI is InChI=1S/C12H12FNO4/c1-18-8-5-14(6-8)11(15)9-3-2-7(12(16)17)4-10(9)13/h2-4,8H,5-6H2,1H3,(H,16,17). The highest BCUT2D eigenvalue weighted by atomic mass is 19.1. The molecule has 0 aliphatic carbocycles. The van der Waals surface area contributed by atoms with Gasteiger partial charge in [0.05, 0.1) is 17.2 Å². The summed E-state index contributed by atoms with van der Waals surface area (Å²) < 4.78 is 18.6. The molecule has 5 nitrogen and oxygen atoms in total. The highest BCUT2D eigenvalue weighted by Crippen LogP contribution is 2.18. The molecular weight excluding hydrogens is 241 g/mol. The van der Waals surface area contributed by atoms with E-state index in [1.165, 1.54) is 17.0 Å². The molecule has 0 spiro atoms. The van der Waals surface area contributed by atoms with Gasteiger partial charge in [-0.2, -0.15) is 0 Å². The summed E-state index contributed by atoms with van der Waals surface area (Å²) in [7, 11) is 1.55. The van der Waals surface area contributed by atoms with Crippen molar-refractivity contribution in [3.63, 3.8) is 0 Å². The van der Waals surface area contributed by atoms with Crippen LogP contribution in [0.15, 0.2) is 18.2 Å². The Bertz CT molecular complexity index is 497. The van der Waals surface area contributed by atoms with Crippen LogP contribution in [0.1, 0.15) is 20.7 Å². The van der Waals surface area contributed by atoms with E-state index < -0.39 is 17.7 Å². The molecule has 1 saturated heterocycles. The zero-order valence-corrected chi connectivity index (χ0v) is 9.72. The topological polar surface area (TPSA) is 66.8 Å². The van der Waals surface area contributed by atoms with Crippen LogP contribution in [-0.4, -0.2) is 48.2 Å². The number of hydrogen-bond donors (Lipinski definition) is 1. The van der Waals surface area contributed by atoms with E-state index in [1.54, 1.807) is 7.11 Å². The SMILES string of the molecule is COC1CN(C(=O)c2ccc(C(=O)O)cc2F)C1. The molecule has 1 aliphatic heterocycles. The first-order chi connectivity index (χ1) is 8.52. The molecule has 1 heterocycles. The molecule has 18 heavy (non-hydrogen) atoms. The van der Waals surface area contributed by atoms with Gasteiger partial charge in [-0.05, 0) is 18.2 Å². The largest absolute Gasteiger partial charge is 0.478 e. The minimum Gasteiger partial charge on any atom is -0.478 e. The predicted molar refractivity (Wildman–Crippen MR) is 60.1 cm³/mol. The third kappa shape index (κ3) is 2.19. The lowest BCUT2D eigenvalue weighted by atomic mass is 10.1. The van der Waals surface area contributed by atoms with Crippen molar-refractivity contribution < 1.29 is 23.8 Å². The first-order valence-corrected chi connectivity index (χ1v) is 5.38. The van der Waals surface area contributed by atoms with Crippen molar-refractivity contribution in [2.75, 3.05) is 20.2 Å². The number of halogens is 1. The number of aromatic carboxylic acids is 1. The number of amides is 1. The molecule has 1 aromatic carbocycles. The van der Waals surface area contributed by atoms with Gasteiger partial charge >= 0.3 is 5.97 Å². The van der Waals surface area contributed by atoms with Crippen LogP contribution in [0.5, 0.6) is 0 Å². The molecule has 1 amide bonds. The molecule has 0 bridgehead atoms. The summed E-state index contributed by atoms with van der Waals surface area (Å²) in [6, 6.07) is 3.26. The van der Waals surface area contributed by atoms with Gasteiger partial charge in [-0.1, -0.05) is 0 Å². The normalized spacial score (nSPS) is 15.3. The van der Waals surface area contributed by atoms with Crippen molar-refractivity contribution in [1.82, 2.24) is 4.90 Å². The number of carbonyl (C=O) groups is 2. The number of carbonyl (C=O) groups excluding carboxylic acids is 1. The van der Waals surface area contributed by atoms with Crippen molar-refractivity contribution in [2.45, 2.75) is 6.10 Å². The molecule has 1 fully saturated rings.